The van der Waals surface area contributed by atoms with Gasteiger partial charge < -0.3 is 9.64 Å². The molecule has 2 rings (SSSR count). The molecule has 0 bridgehead atoms. The summed E-state index contributed by atoms with van der Waals surface area (Å²) in [6.07, 6.45) is 6.66. The second kappa shape index (κ2) is 8.94. The summed E-state index contributed by atoms with van der Waals surface area (Å²) in [6, 6.07) is 8.22. The van der Waals surface area contributed by atoms with Gasteiger partial charge in [-0.05, 0) is 57.0 Å². The van der Waals surface area contributed by atoms with Gasteiger partial charge in [-0.3, -0.25) is 4.79 Å². The van der Waals surface area contributed by atoms with Crippen LogP contribution < -0.4 is 4.74 Å². The zero-order chi connectivity index (χ0) is 15.8. The van der Waals surface area contributed by atoms with Crippen molar-refractivity contribution in [2.75, 3.05) is 19.7 Å². The van der Waals surface area contributed by atoms with Crippen LogP contribution in [0.2, 0.25) is 0 Å². The zero-order valence-corrected chi connectivity index (χ0v) is 14.0. The lowest BCUT2D eigenvalue weighted by atomic mass is 10.0. The molecule has 3 nitrogen and oxygen atoms in total. The molecule has 0 amide bonds. The van der Waals surface area contributed by atoms with Crippen LogP contribution >= 0.6 is 0 Å². The molecule has 1 fully saturated rings. The van der Waals surface area contributed by atoms with E-state index in [1.807, 2.05) is 24.3 Å². The minimum atomic E-state index is 0.234. The maximum absolute atomic E-state index is 12.3. The molecule has 1 aromatic carbocycles. The highest BCUT2D eigenvalue weighted by molar-refractivity contribution is 5.96. The Balaban J connectivity index is 1.79. The summed E-state index contributed by atoms with van der Waals surface area (Å²) in [5.74, 6) is 1.09. The average Bonchev–Trinajstić information content (AvgIpc) is 2.55. The summed E-state index contributed by atoms with van der Waals surface area (Å²) < 4.78 is 5.63. The summed E-state index contributed by atoms with van der Waals surface area (Å²) >= 11 is 0. The van der Waals surface area contributed by atoms with Gasteiger partial charge in [0.1, 0.15) is 5.75 Å². The van der Waals surface area contributed by atoms with Gasteiger partial charge in [-0.1, -0.05) is 19.8 Å². The monoisotopic (exact) mass is 303 g/mol. The van der Waals surface area contributed by atoms with E-state index < -0.39 is 0 Å². The summed E-state index contributed by atoms with van der Waals surface area (Å²) in [6.45, 7) is 7.18. The fraction of sp³-hybridized carbons (Fsp3) is 0.632. The molecule has 3 heteroatoms. The smallest absolute Gasteiger partial charge is 0.164 e. The first-order chi connectivity index (χ1) is 10.7. The van der Waals surface area contributed by atoms with Crippen molar-refractivity contribution in [2.24, 2.45) is 0 Å². The van der Waals surface area contributed by atoms with Crippen LogP contribution in [0.3, 0.4) is 0 Å². The SMILES string of the molecule is CCCCOc1ccc(C(=O)CCN2CCCCC2C)cc1. The minimum Gasteiger partial charge on any atom is -0.494 e. The average molecular weight is 303 g/mol. The fourth-order valence-corrected chi connectivity index (χ4v) is 2.95. The molecule has 1 aromatic rings. The Kier molecular flexibility index (Phi) is 6.91. The molecular formula is C19H29NO2. The highest BCUT2D eigenvalue weighted by Gasteiger charge is 2.18. The zero-order valence-electron chi connectivity index (χ0n) is 14.0. The van der Waals surface area contributed by atoms with Crippen LogP contribution in [0.15, 0.2) is 24.3 Å². The van der Waals surface area contributed by atoms with Crippen molar-refractivity contribution in [2.45, 2.75) is 58.4 Å². The normalized spacial score (nSPS) is 19.1. The lowest BCUT2D eigenvalue weighted by molar-refractivity contribution is 0.0935. The molecule has 1 unspecified atom stereocenters. The number of ether oxygens (including phenoxy) is 1. The number of benzene rings is 1. The molecule has 1 saturated heterocycles. The van der Waals surface area contributed by atoms with Gasteiger partial charge >= 0.3 is 0 Å². The largest absolute Gasteiger partial charge is 0.494 e. The van der Waals surface area contributed by atoms with Crippen molar-refractivity contribution in [1.82, 2.24) is 4.90 Å². The Morgan fingerprint density at radius 2 is 2.05 bits per heavy atom. The van der Waals surface area contributed by atoms with Crippen molar-refractivity contribution in [3.63, 3.8) is 0 Å². The van der Waals surface area contributed by atoms with E-state index in [1.54, 1.807) is 0 Å². The Hall–Kier alpha value is -1.35. The first-order valence-electron chi connectivity index (χ1n) is 8.71. The molecule has 1 aliphatic heterocycles. The Labute approximate surface area is 134 Å². The van der Waals surface area contributed by atoms with Crippen LogP contribution in [-0.4, -0.2) is 36.4 Å². The van der Waals surface area contributed by atoms with E-state index in [4.69, 9.17) is 4.74 Å². The summed E-state index contributed by atoms with van der Waals surface area (Å²) in [4.78, 5) is 14.7. The maximum Gasteiger partial charge on any atom is 0.164 e. The standard InChI is InChI=1S/C19H29NO2/c1-3-4-15-22-18-10-8-17(9-11-18)19(21)12-14-20-13-6-5-7-16(20)2/h8-11,16H,3-7,12-15H2,1-2H3. The topological polar surface area (TPSA) is 29.5 Å². The van der Waals surface area contributed by atoms with Crippen LogP contribution in [0, 0.1) is 0 Å². The van der Waals surface area contributed by atoms with Crippen molar-refractivity contribution in [1.29, 1.82) is 0 Å². The van der Waals surface area contributed by atoms with Crippen LogP contribution in [0.25, 0.3) is 0 Å². The maximum atomic E-state index is 12.3. The van der Waals surface area contributed by atoms with Crippen molar-refractivity contribution in [3.8, 4) is 5.75 Å². The van der Waals surface area contributed by atoms with E-state index in [9.17, 15) is 4.79 Å². The molecule has 1 atom stereocenters. The Morgan fingerprint density at radius 1 is 1.27 bits per heavy atom. The third kappa shape index (κ3) is 5.13. The first kappa shape index (κ1) is 17.0. The molecule has 1 heterocycles. The van der Waals surface area contributed by atoms with E-state index in [2.05, 4.69) is 18.7 Å². The Morgan fingerprint density at radius 3 is 2.73 bits per heavy atom. The van der Waals surface area contributed by atoms with E-state index in [0.717, 1.165) is 43.9 Å². The molecule has 1 aliphatic rings. The number of hydrogen-bond donors (Lipinski definition) is 0. The second-order valence-corrected chi connectivity index (χ2v) is 6.28. The predicted molar refractivity (Wildman–Crippen MR) is 90.7 cm³/mol. The van der Waals surface area contributed by atoms with E-state index in [-0.39, 0.29) is 5.78 Å². The molecule has 22 heavy (non-hydrogen) atoms. The Bertz CT molecular complexity index is 455. The number of Topliss-reactive ketones (excluding diaryl/α,β-unsaturated/α-hetero) is 1. The molecular weight excluding hydrogens is 274 g/mol. The summed E-state index contributed by atoms with van der Waals surface area (Å²) in [5, 5.41) is 0. The third-order valence-corrected chi connectivity index (χ3v) is 4.51. The lowest BCUT2D eigenvalue weighted by Gasteiger charge is -2.33. The molecule has 0 aliphatic carbocycles. The van der Waals surface area contributed by atoms with Gasteiger partial charge in [0.05, 0.1) is 6.61 Å². The molecule has 0 aromatic heterocycles. The van der Waals surface area contributed by atoms with Gasteiger partial charge in [-0.25, -0.2) is 0 Å². The van der Waals surface area contributed by atoms with Crippen molar-refractivity contribution >= 4 is 5.78 Å². The van der Waals surface area contributed by atoms with Crippen LogP contribution in [0.1, 0.15) is 62.7 Å². The number of unbranched alkanes of at least 4 members (excludes halogenated alkanes) is 1. The van der Waals surface area contributed by atoms with E-state index >= 15 is 0 Å². The van der Waals surface area contributed by atoms with Gasteiger partial charge in [0.15, 0.2) is 5.78 Å². The highest BCUT2D eigenvalue weighted by atomic mass is 16.5. The van der Waals surface area contributed by atoms with E-state index in [0.29, 0.717) is 12.5 Å². The predicted octanol–water partition coefficient (Wildman–Crippen LogP) is 4.31. The number of ketones is 1. The number of rotatable bonds is 8. The van der Waals surface area contributed by atoms with E-state index in [1.165, 1.54) is 19.3 Å². The molecule has 122 valence electrons. The molecule has 0 saturated carbocycles. The number of likely N-dealkylation sites (tertiary alicyclic amines) is 1. The van der Waals surface area contributed by atoms with Crippen molar-refractivity contribution in [3.05, 3.63) is 29.8 Å². The van der Waals surface area contributed by atoms with Gasteiger partial charge in [-0.15, -0.1) is 0 Å². The van der Waals surface area contributed by atoms with Crippen LogP contribution in [-0.2, 0) is 0 Å². The summed E-state index contributed by atoms with van der Waals surface area (Å²) in [5.41, 5.74) is 0.799. The molecule has 0 spiro atoms. The van der Waals surface area contributed by atoms with Gasteiger partial charge in [-0.2, -0.15) is 0 Å². The first-order valence-corrected chi connectivity index (χ1v) is 8.71. The quantitative estimate of drug-likeness (QED) is 0.529. The number of nitrogens with zero attached hydrogens (tertiary/aromatic N) is 1. The van der Waals surface area contributed by atoms with Gasteiger partial charge in [0.25, 0.3) is 0 Å². The van der Waals surface area contributed by atoms with Crippen LogP contribution in [0.5, 0.6) is 5.75 Å². The lowest BCUT2D eigenvalue weighted by Crippen LogP contribution is -2.38. The number of carbonyl (C=O) groups excluding carboxylic acids is 1. The van der Waals surface area contributed by atoms with Gasteiger partial charge in [0.2, 0.25) is 0 Å². The highest BCUT2D eigenvalue weighted by Crippen LogP contribution is 2.18. The second-order valence-electron chi connectivity index (χ2n) is 6.28. The minimum absolute atomic E-state index is 0.234. The number of hydrogen-bond acceptors (Lipinski definition) is 3. The third-order valence-electron chi connectivity index (χ3n) is 4.51. The van der Waals surface area contributed by atoms with Crippen molar-refractivity contribution < 1.29 is 9.53 Å². The number of carbonyl (C=O) groups is 1. The summed E-state index contributed by atoms with van der Waals surface area (Å²) in [7, 11) is 0. The fourth-order valence-electron chi connectivity index (χ4n) is 2.95. The van der Waals surface area contributed by atoms with Gasteiger partial charge in [0, 0.05) is 24.6 Å². The van der Waals surface area contributed by atoms with Crippen LogP contribution in [0.4, 0.5) is 0 Å². The molecule has 0 radical (unpaired) electrons. The number of piperidine rings is 1. The molecule has 0 N–H and O–H groups in total.